The SMILES string of the molecule is CNCCCNc1c(C)cc(C(C)(C)C)cc1C. The first-order chi connectivity index (χ1) is 8.36. The summed E-state index contributed by atoms with van der Waals surface area (Å²) in [6.45, 7) is 13.3. The molecule has 0 saturated heterocycles. The first kappa shape index (κ1) is 15.0. The molecule has 0 aliphatic heterocycles. The van der Waals surface area contributed by atoms with Crippen molar-refractivity contribution in [3.8, 4) is 0 Å². The van der Waals surface area contributed by atoms with Crippen LogP contribution in [0.3, 0.4) is 0 Å². The summed E-state index contributed by atoms with van der Waals surface area (Å²) in [6.07, 6.45) is 1.15. The van der Waals surface area contributed by atoms with Crippen molar-refractivity contribution in [1.82, 2.24) is 5.32 Å². The summed E-state index contributed by atoms with van der Waals surface area (Å²) in [5.74, 6) is 0. The van der Waals surface area contributed by atoms with Crippen molar-refractivity contribution in [3.63, 3.8) is 0 Å². The molecule has 0 amide bonds. The molecule has 0 radical (unpaired) electrons. The monoisotopic (exact) mass is 248 g/mol. The normalized spacial score (nSPS) is 11.7. The van der Waals surface area contributed by atoms with E-state index in [1.807, 2.05) is 7.05 Å². The van der Waals surface area contributed by atoms with E-state index in [2.05, 4.69) is 57.4 Å². The highest BCUT2D eigenvalue weighted by molar-refractivity contribution is 5.59. The molecule has 2 N–H and O–H groups in total. The van der Waals surface area contributed by atoms with Crippen molar-refractivity contribution in [1.29, 1.82) is 0 Å². The van der Waals surface area contributed by atoms with Crippen LogP contribution in [0.5, 0.6) is 0 Å². The van der Waals surface area contributed by atoms with Crippen LogP contribution >= 0.6 is 0 Å². The second-order valence-corrected chi connectivity index (χ2v) is 6.12. The zero-order valence-corrected chi connectivity index (χ0v) is 12.8. The maximum atomic E-state index is 3.55. The molecule has 0 spiro atoms. The number of hydrogen-bond acceptors (Lipinski definition) is 2. The molecule has 18 heavy (non-hydrogen) atoms. The van der Waals surface area contributed by atoms with Crippen LogP contribution in [0.4, 0.5) is 5.69 Å². The van der Waals surface area contributed by atoms with E-state index in [-0.39, 0.29) is 5.41 Å². The topological polar surface area (TPSA) is 24.1 Å². The standard InChI is InChI=1S/C16H28N2/c1-12-10-14(16(3,4)5)11-13(2)15(12)18-9-7-8-17-6/h10-11,17-18H,7-9H2,1-6H3. The first-order valence-corrected chi connectivity index (χ1v) is 6.86. The van der Waals surface area contributed by atoms with Gasteiger partial charge in [-0.25, -0.2) is 0 Å². The van der Waals surface area contributed by atoms with Crippen molar-refractivity contribution in [2.75, 3.05) is 25.5 Å². The Kier molecular flexibility index (Phi) is 5.21. The van der Waals surface area contributed by atoms with E-state index in [0.717, 1.165) is 19.5 Å². The largest absolute Gasteiger partial charge is 0.385 e. The highest BCUT2D eigenvalue weighted by Gasteiger charge is 2.15. The van der Waals surface area contributed by atoms with E-state index in [1.165, 1.54) is 22.4 Å². The number of hydrogen-bond donors (Lipinski definition) is 2. The van der Waals surface area contributed by atoms with Crippen molar-refractivity contribution in [3.05, 3.63) is 28.8 Å². The van der Waals surface area contributed by atoms with Crippen molar-refractivity contribution < 1.29 is 0 Å². The molecule has 0 heterocycles. The van der Waals surface area contributed by atoms with Gasteiger partial charge in [0.25, 0.3) is 0 Å². The molecule has 2 nitrogen and oxygen atoms in total. The van der Waals surface area contributed by atoms with Gasteiger partial charge in [-0.05, 0) is 56.0 Å². The van der Waals surface area contributed by atoms with E-state index in [4.69, 9.17) is 0 Å². The zero-order chi connectivity index (χ0) is 13.8. The van der Waals surface area contributed by atoms with Gasteiger partial charge < -0.3 is 10.6 Å². The minimum Gasteiger partial charge on any atom is -0.385 e. The molecule has 0 saturated carbocycles. The summed E-state index contributed by atoms with van der Waals surface area (Å²) in [7, 11) is 1.99. The second kappa shape index (κ2) is 6.24. The number of nitrogens with one attached hydrogen (secondary N) is 2. The summed E-state index contributed by atoms with van der Waals surface area (Å²) < 4.78 is 0. The summed E-state index contributed by atoms with van der Waals surface area (Å²) in [5.41, 5.74) is 5.64. The van der Waals surface area contributed by atoms with E-state index in [1.54, 1.807) is 0 Å². The van der Waals surface area contributed by atoms with Crippen LogP contribution in [0.15, 0.2) is 12.1 Å². The Hall–Kier alpha value is -1.02. The molecule has 0 aliphatic carbocycles. The van der Waals surface area contributed by atoms with Crippen LogP contribution in [-0.2, 0) is 5.41 Å². The minimum atomic E-state index is 0.222. The number of benzene rings is 1. The van der Waals surface area contributed by atoms with Crippen LogP contribution < -0.4 is 10.6 Å². The highest BCUT2D eigenvalue weighted by atomic mass is 14.9. The Balaban J connectivity index is 2.82. The Bertz CT molecular complexity index is 366. The molecule has 2 heteroatoms. The van der Waals surface area contributed by atoms with Crippen molar-refractivity contribution >= 4 is 5.69 Å². The van der Waals surface area contributed by atoms with Crippen molar-refractivity contribution in [2.24, 2.45) is 0 Å². The first-order valence-electron chi connectivity index (χ1n) is 6.86. The third kappa shape index (κ3) is 4.02. The molecule has 0 unspecified atom stereocenters. The quantitative estimate of drug-likeness (QED) is 0.778. The summed E-state index contributed by atoms with van der Waals surface area (Å²) in [5, 5.41) is 6.73. The molecule has 0 atom stereocenters. The van der Waals surface area contributed by atoms with Gasteiger partial charge in [0.2, 0.25) is 0 Å². The van der Waals surface area contributed by atoms with Gasteiger partial charge >= 0.3 is 0 Å². The van der Waals surface area contributed by atoms with E-state index in [0.29, 0.717) is 0 Å². The lowest BCUT2D eigenvalue weighted by atomic mass is 9.85. The average molecular weight is 248 g/mol. The van der Waals surface area contributed by atoms with Crippen molar-refractivity contribution in [2.45, 2.75) is 46.5 Å². The molecule has 1 rings (SSSR count). The smallest absolute Gasteiger partial charge is 0.0399 e. The Morgan fingerprint density at radius 2 is 1.56 bits per heavy atom. The molecule has 0 aromatic heterocycles. The summed E-state index contributed by atoms with van der Waals surface area (Å²) in [4.78, 5) is 0. The van der Waals surface area contributed by atoms with E-state index in [9.17, 15) is 0 Å². The lowest BCUT2D eigenvalue weighted by Crippen LogP contribution is -2.15. The molecule has 1 aromatic carbocycles. The zero-order valence-electron chi connectivity index (χ0n) is 12.8. The molecule has 1 aromatic rings. The van der Waals surface area contributed by atoms with Crippen LogP contribution in [0.1, 0.15) is 43.9 Å². The second-order valence-electron chi connectivity index (χ2n) is 6.12. The van der Waals surface area contributed by atoms with Crippen LogP contribution in [0.2, 0.25) is 0 Å². The highest BCUT2D eigenvalue weighted by Crippen LogP contribution is 2.29. The average Bonchev–Trinajstić information content (AvgIpc) is 2.25. The lowest BCUT2D eigenvalue weighted by molar-refractivity contribution is 0.589. The fraction of sp³-hybridized carbons (Fsp3) is 0.625. The Labute approximate surface area is 112 Å². The lowest BCUT2D eigenvalue weighted by Gasteiger charge is -2.23. The van der Waals surface area contributed by atoms with Gasteiger partial charge in [-0.2, -0.15) is 0 Å². The molecule has 0 fully saturated rings. The molecule has 0 aliphatic rings. The number of rotatable bonds is 5. The van der Waals surface area contributed by atoms with Gasteiger partial charge in [0, 0.05) is 12.2 Å². The maximum absolute atomic E-state index is 3.55. The van der Waals surface area contributed by atoms with E-state index < -0.39 is 0 Å². The minimum absolute atomic E-state index is 0.222. The van der Waals surface area contributed by atoms with Crippen LogP contribution in [-0.4, -0.2) is 20.1 Å². The summed E-state index contributed by atoms with van der Waals surface area (Å²) in [6, 6.07) is 4.63. The third-order valence-corrected chi connectivity index (χ3v) is 3.30. The molecule has 102 valence electrons. The van der Waals surface area contributed by atoms with Gasteiger partial charge in [-0.3, -0.25) is 0 Å². The van der Waals surface area contributed by atoms with Crippen LogP contribution in [0.25, 0.3) is 0 Å². The Morgan fingerprint density at radius 1 is 1.00 bits per heavy atom. The van der Waals surface area contributed by atoms with Crippen LogP contribution in [0, 0.1) is 13.8 Å². The summed E-state index contributed by atoms with van der Waals surface area (Å²) >= 11 is 0. The number of anilines is 1. The molecule has 0 bridgehead atoms. The van der Waals surface area contributed by atoms with Gasteiger partial charge in [-0.1, -0.05) is 32.9 Å². The predicted octanol–water partition coefficient (Wildman–Crippen LogP) is 3.62. The fourth-order valence-corrected chi connectivity index (χ4v) is 2.15. The van der Waals surface area contributed by atoms with Gasteiger partial charge in [0.1, 0.15) is 0 Å². The van der Waals surface area contributed by atoms with Gasteiger partial charge in [0.05, 0.1) is 0 Å². The van der Waals surface area contributed by atoms with Gasteiger partial charge in [-0.15, -0.1) is 0 Å². The number of aryl methyl sites for hydroxylation is 2. The Morgan fingerprint density at radius 3 is 2.00 bits per heavy atom. The van der Waals surface area contributed by atoms with E-state index >= 15 is 0 Å². The fourth-order valence-electron chi connectivity index (χ4n) is 2.15. The maximum Gasteiger partial charge on any atom is 0.0399 e. The molecular formula is C16H28N2. The van der Waals surface area contributed by atoms with Gasteiger partial charge in [0.15, 0.2) is 0 Å². The molecular weight excluding hydrogens is 220 g/mol. The predicted molar refractivity (Wildman–Crippen MR) is 81.6 cm³/mol. The third-order valence-electron chi connectivity index (χ3n) is 3.30.